The van der Waals surface area contributed by atoms with Crippen LogP contribution in [0.4, 0.5) is 27.6 Å². The second kappa shape index (κ2) is 17.8. The van der Waals surface area contributed by atoms with E-state index in [9.17, 15) is 22.8 Å². The minimum Gasteiger partial charge on any atom is -0.400 e. The third-order valence-corrected chi connectivity index (χ3v) is 7.76. The van der Waals surface area contributed by atoms with Crippen molar-refractivity contribution in [3.8, 4) is 22.4 Å². The van der Waals surface area contributed by atoms with E-state index in [4.69, 9.17) is 26.2 Å². The van der Waals surface area contributed by atoms with Gasteiger partial charge in [0.1, 0.15) is 0 Å². The van der Waals surface area contributed by atoms with Gasteiger partial charge in [0, 0.05) is 75.5 Å². The summed E-state index contributed by atoms with van der Waals surface area (Å²) < 4.78 is 70.1. The molecule has 3 N–H and O–H groups in total. The number of aliphatic hydroxyl groups is 1. The molecule has 2 aromatic heterocycles. The molecular formula is C32H35ClF5N7O5. The second-order valence-corrected chi connectivity index (χ2v) is 10.9. The molecule has 0 atom stereocenters. The van der Waals surface area contributed by atoms with Gasteiger partial charge in [0.2, 0.25) is 6.29 Å². The summed E-state index contributed by atoms with van der Waals surface area (Å²) in [6.07, 6.45) is -2.90. The molecule has 270 valence electrons. The van der Waals surface area contributed by atoms with Crippen LogP contribution in [0.25, 0.3) is 22.4 Å². The number of aromatic nitrogens is 4. The van der Waals surface area contributed by atoms with Crippen molar-refractivity contribution in [3.63, 3.8) is 0 Å². The van der Waals surface area contributed by atoms with Crippen LogP contribution in [-0.2, 0) is 23.1 Å². The van der Waals surface area contributed by atoms with E-state index in [0.29, 0.717) is 61.8 Å². The Labute approximate surface area is 288 Å². The Morgan fingerprint density at radius 2 is 1.68 bits per heavy atom. The number of hydrogen-bond acceptors (Lipinski definition) is 8. The van der Waals surface area contributed by atoms with Crippen molar-refractivity contribution in [2.45, 2.75) is 19.6 Å². The van der Waals surface area contributed by atoms with Crippen molar-refractivity contribution in [2.75, 3.05) is 52.3 Å². The SMILES string of the molecule is CO.COCCn1ncc(-c2ccc(-c3cnc(C(=O)Nc4ccc(C(=O)N5CCNCC5)c(Cl)c4)n3C)c(F)c2F)c1C.O=CC(F)(F)F. The van der Waals surface area contributed by atoms with Gasteiger partial charge >= 0.3 is 6.18 Å². The zero-order chi connectivity index (χ0) is 37.2. The Morgan fingerprint density at radius 1 is 1.06 bits per heavy atom. The smallest absolute Gasteiger partial charge is 0.400 e. The maximum Gasteiger partial charge on any atom is 0.446 e. The average Bonchev–Trinajstić information content (AvgIpc) is 3.67. The maximum absolute atomic E-state index is 15.4. The molecule has 4 aromatic rings. The quantitative estimate of drug-likeness (QED) is 0.178. The van der Waals surface area contributed by atoms with Gasteiger partial charge in [-0.1, -0.05) is 17.7 Å². The van der Waals surface area contributed by atoms with Gasteiger partial charge in [-0.3, -0.25) is 19.1 Å². The van der Waals surface area contributed by atoms with E-state index in [2.05, 4.69) is 20.7 Å². The lowest BCUT2D eigenvalue weighted by atomic mass is 10.0. The molecule has 0 aliphatic carbocycles. The molecule has 0 bridgehead atoms. The highest BCUT2D eigenvalue weighted by Gasteiger charge is 2.25. The van der Waals surface area contributed by atoms with Gasteiger partial charge in [-0.2, -0.15) is 18.3 Å². The molecule has 1 aliphatic rings. The van der Waals surface area contributed by atoms with E-state index in [1.807, 2.05) is 0 Å². The molecule has 1 aliphatic heterocycles. The molecule has 50 heavy (non-hydrogen) atoms. The molecule has 2 aromatic carbocycles. The van der Waals surface area contributed by atoms with Crippen LogP contribution >= 0.6 is 11.6 Å². The largest absolute Gasteiger partial charge is 0.446 e. The summed E-state index contributed by atoms with van der Waals surface area (Å²) in [6, 6.07) is 7.57. The first-order valence-electron chi connectivity index (χ1n) is 14.9. The molecule has 0 unspecified atom stereocenters. The fraction of sp³-hybridized carbons (Fsp3) is 0.344. The van der Waals surface area contributed by atoms with Crippen molar-refractivity contribution < 1.29 is 46.2 Å². The number of alkyl halides is 3. The molecule has 0 radical (unpaired) electrons. The van der Waals surface area contributed by atoms with Crippen LogP contribution in [0.15, 0.2) is 42.7 Å². The van der Waals surface area contributed by atoms with Gasteiger partial charge in [-0.15, -0.1) is 0 Å². The average molecular weight is 728 g/mol. The number of anilines is 1. The fourth-order valence-electron chi connectivity index (χ4n) is 4.93. The maximum atomic E-state index is 15.4. The third-order valence-electron chi connectivity index (χ3n) is 7.45. The summed E-state index contributed by atoms with van der Waals surface area (Å²) in [7, 11) is 4.11. The highest BCUT2D eigenvalue weighted by atomic mass is 35.5. The van der Waals surface area contributed by atoms with Crippen LogP contribution in [0.1, 0.15) is 26.7 Å². The Morgan fingerprint density at radius 3 is 2.28 bits per heavy atom. The highest BCUT2D eigenvalue weighted by molar-refractivity contribution is 6.34. The lowest BCUT2D eigenvalue weighted by Crippen LogP contribution is -2.46. The van der Waals surface area contributed by atoms with Crippen LogP contribution in [0, 0.1) is 18.6 Å². The molecule has 3 heterocycles. The zero-order valence-electron chi connectivity index (χ0n) is 27.4. The summed E-state index contributed by atoms with van der Waals surface area (Å²) in [5.41, 5.74) is 2.09. The van der Waals surface area contributed by atoms with Crippen molar-refractivity contribution in [1.82, 2.24) is 29.5 Å². The van der Waals surface area contributed by atoms with Crippen LogP contribution in [-0.4, -0.2) is 101 Å². The number of piperazine rings is 1. The number of carbonyl (C=O) groups is 3. The number of nitrogens with zero attached hydrogens (tertiary/aromatic N) is 5. The summed E-state index contributed by atoms with van der Waals surface area (Å²) >= 11 is 6.39. The number of ether oxygens (including phenoxy) is 1. The van der Waals surface area contributed by atoms with Crippen molar-refractivity contribution >= 4 is 35.4 Å². The first-order chi connectivity index (χ1) is 23.8. The lowest BCUT2D eigenvalue weighted by Gasteiger charge is -2.27. The summed E-state index contributed by atoms with van der Waals surface area (Å²) in [5.74, 6) is -2.88. The number of halogens is 6. The number of imidazole rings is 1. The summed E-state index contributed by atoms with van der Waals surface area (Å²) in [5, 5.41) is 17.4. The van der Waals surface area contributed by atoms with Crippen molar-refractivity contribution in [1.29, 1.82) is 0 Å². The monoisotopic (exact) mass is 727 g/mol. The van der Waals surface area contributed by atoms with Gasteiger partial charge in [-0.25, -0.2) is 13.8 Å². The van der Waals surface area contributed by atoms with E-state index >= 15 is 8.78 Å². The molecule has 1 saturated heterocycles. The predicted molar refractivity (Wildman–Crippen MR) is 175 cm³/mol. The number of carbonyl (C=O) groups excluding carboxylic acids is 3. The number of hydrogen-bond donors (Lipinski definition) is 3. The Bertz CT molecular complexity index is 1810. The molecular weight excluding hydrogens is 693 g/mol. The van der Waals surface area contributed by atoms with Crippen molar-refractivity contribution in [2.24, 2.45) is 7.05 Å². The molecule has 0 spiro atoms. The van der Waals surface area contributed by atoms with Gasteiger partial charge in [0.05, 0.1) is 41.8 Å². The van der Waals surface area contributed by atoms with Crippen molar-refractivity contribution in [3.05, 3.63) is 76.5 Å². The molecule has 1 fully saturated rings. The Balaban J connectivity index is 0.000000765. The molecule has 12 nitrogen and oxygen atoms in total. The number of rotatable bonds is 8. The standard InChI is InChI=1S/C29H30ClF2N7O3.C2HF3O.CH4O/c1-17-22(15-35-39(17)12-13-42-3)19-6-7-21(26(32)25(19)31)24-16-34-27(37(24)2)28(40)36-18-4-5-20(23(30)14-18)29(41)38-10-8-33-9-11-38;3-2(4,5)1-6;1-2/h4-7,14-16,33H,8-13H2,1-3H3,(H,36,40);1H;2H,1H3. The molecule has 5 rings (SSSR count). The fourth-order valence-corrected chi connectivity index (χ4v) is 5.19. The Kier molecular flexibility index (Phi) is 14.1. The minimum absolute atomic E-state index is 0.0266. The predicted octanol–water partition coefficient (Wildman–Crippen LogP) is 4.49. The van der Waals surface area contributed by atoms with Gasteiger partial charge in [0.15, 0.2) is 17.5 Å². The second-order valence-electron chi connectivity index (χ2n) is 10.5. The normalized spacial score (nSPS) is 12.7. The van der Waals surface area contributed by atoms with Gasteiger partial charge in [-0.05, 0) is 31.2 Å². The van der Waals surface area contributed by atoms with Crippen LogP contribution in [0.3, 0.4) is 0 Å². The number of nitrogens with one attached hydrogen (secondary N) is 2. The molecule has 0 saturated carbocycles. The van der Waals surface area contributed by atoms with Gasteiger partial charge < -0.3 is 29.9 Å². The van der Waals surface area contributed by atoms with E-state index in [1.54, 1.807) is 35.7 Å². The minimum atomic E-state index is -4.64. The lowest BCUT2D eigenvalue weighted by molar-refractivity contribution is -0.156. The van der Waals surface area contributed by atoms with E-state index in [1.165, 1.54) is 42.2 Å². The van der Waals surface area contributed by atoms with E-state index in [0.717, 1.165) is 7.11 Å². The van der Waals surface area contributed by atoms with Crippen LogP contribution in [0.2, 0.25) is 5.02 Å². The first kappa shape index (κ1) is 39.7. The topological polar surface area (TPSA) is 144 Å². The highest BCUT2D eigenvalue weighted by Crippen LogP contribution is 2.33. The van der Waals surface area contributed by atoms with Gasteiger partial charge in [0.25, 0.3) is 11.8 Å². The van der Waals surface area contributed by atoms with E-state index < -0.39 is 30.0 Å². The number of amides is 2. The van der Waals surface area contributed by atoms with Crippen LogP contribution < -0.4 is 10.6 Å². The van der Waals surface area contributed by atoms with E-state index in [-0.39, 0.29) is 33.6 Å². The zero-order valence-corrected chi connectivity index (χ0v) is 28.2. The summed E-state index contributed by atoms with van der Waals surface area (Å²) in [4.78, 5) is 40.4. The first-order valence-corrected chi connectivity index (χ1v) is 15.3. The Hall–Kier alpha value is -4.71. The third kappa shape index (κ3) is 9.50. The molecule has 2 amide bonds. The number of benzene rings is 2. The number of methoxy groups -OCH3 is 1. The number of aldehydes is 1. The summed E-state index contributed by atoms with van der Waals surface area (Å²) in [6.45, 7) is 5.29. The van der Waals surface area contributed by atoms with Crippen LogP contribution in [0.5, 0.6) is 0 Å². The molecule has 18 heteroatoms. The number of aliphatic hydroxyl groups excluding tert-OH is 1.